The van der Waals surface area contributed by atoms with Crippen molar-refractivity contribution in [2.24, 2.45) is 0 Å². The molecule has 0 atom stereocenters. The predicted octanol–water partition coefficient (Wildman–Crippen LogP) is 2.49. The molecular formula is C10H11F2O2. The minimum atomic E-state index is -2.77. The summed E-state index contributed by atoms with van der Waals surface area (Å²) < 4.78 is 32.6. The Hall–Kier alpha value is -1.16. The molecule has 4 heteroatoms. The Morgan fingerprint density at radius 3 is 2.43 bits per heavy atom. The molecule has 77 valence electrons. The van der Waals surface area contributed by atoms with Gasteiger partial charge in [0, 0.05) is 13.5 Å². The number of ether oxygens (including phenoxy) is 2. The third-order valence-electron chi connectivity index (χ3n) is 1.59. The van der Waals surface area contributed by atoms with Gasteiger partial charge in [-0.1, -0.05) is 12.1 Å². The molecule has 0 spiro atoms. The largest absolute Gasteiger partial charge is 0.435 e. The van der Waals surface area contributed by atoms with E-state index in [0.717, 1.165) is 5.56 Å². The van der Waals surface area contributed by atoms with Crippen LogP contribution in [0.5, 0.6) is 5.75 Å². The number of hydrogen-bond donors (Lipinski definition) is 0. The van der Waals surface area contributed by atoms with Crippen molar-refractivity contribution in [2.45, 2.75) is 6.61 Å². The van der Waals surface area contributed by atoms with Crippen LogP contribution >= 0.6 is 0 Å². The number of hydrogen-bond acceptors (Lipinski definition) is 2. The van der Waals surface area contributed by atoms with Crippen molar-refractivity contribution in [1.29, 1.82) is 0 Å². The van der Waals surface area contributed by atoms with Crippen molar-refractivity contribution in [3.8, 4) is 5.75 Å². The smallest absolute Gasteiger partial charge is 0.387 e. The van der Waals surface area contributed by atoms with E-state index < -0.39 is 6.61 Å². The van der Waals surface area contributed by atoms with Gasteiger partial charge in [-0.2, -0.15) is 8.78 Å². The quantitative estimate of drug-likeness (QED) is 0.728. The molecule has 1 radical (unpaired) electrons. The van der Waals surface area contributed by atoms with E-state index in [0.29, 0.717) is 6.61 Å². The van der Waals surface area contributed by atoms with Crippen LogP contribution in [0.1, 0.15) is 5.56 Å². The van der Waals surface area contributed by atoms with Crippen LogP contribution in [0, 0.1) is 6.42 Å². The van der Waals surface area contributed by atoms with E-state index in [2.05, 4.69) is 4.74 Å². The molecule has 1 rings (SSSR count). The first kappa shape index (κ1) is 10.9. The fraction of sp³-hybridized carbons (Fsp3) is 0.300. The molecule has 0 unspecified atom stereocenters. The van der Waals surface area contributed by atoms with Crippen molar-refractivity contribution in [3.05, 3.63) is 36.2 Å². The number of benzene rings is 1. The molecule has 1 aromatic rings. The fourth-order valence-electron chi connectivity index (χ4n) is 0.965. The highest BCUT2D eigenvalue weighted by atomic mass is 19.3. The first-order valence-electron chi connectivity index (χ1n) is 4.09. The van der Waals surface area contributed by atoms with E-state index in [4.69, 9.17) is 4.74 Å². The van der Waals surface area contributed by atoms with Crippen LogP contribution in [0.2, 0.25) is 0 Å². The Labute approximate surface area is 81.4 Å². The summed E-state index contributed by atoms with van der Waals surface area (Å²) >= 11 is 0. The van der Waals surface area contributed by atoms with E-state index in [1.807, 2.05) is 6.42 Å². The zero-order valence-electron chi connectivity index (χ0n) is 7.74. The third kappa shape index (κ3) is 3.70. The summed E-state index contributed by atoms with van der Waals surface area (Å²) in [6.45, 7) is -2.28. The van der Waals surface area contributed by atoms with Gasteiger partial charge in [0.05, 0.1) is 6.61 Å². The second-order valence-corrected chi connectivity index (χ2v) is 2.61. The molecule has 1 aromatic carbocycles. The van der Waals surface area contributed by atoms with Crippen LogP contribution in [0.25, 0.3) is 0 Å². The van der Waals surface area contributed by atoms with Crippen molar-refractivity contribution in [3.63, 3.8) is 0 Å². The molecule has 0 saturated heterocycles. The Morgan fingerprint density at radius 2 is 1.93 bits per heavy atom. The molecule has 0 saturated carbocycles. The van der Waals surface area contributed by atoms with Crippen LogP contribution in [0.3, 0.4) is 0 Å². The standard InChI is InChI=1S/C10H11F2O2/c1-13-7-6-8-2-4-9(5-3-8)14-10(11)12/h2-6,10H,7H2,1H3. The van der Waals surface area contributed by atoms with Gasteiger partial charge in [-0.3, -0.25) is 0 Å². The van der Waals surface area contributed by atoms with Crippen LogP contribution in [-0.2, 0) is 4.74 Å². The van der Waals surface area contributed by atoms with Crippen molar-refractivity contribution in [2.75, 3.05) is 13.7 Å². The van der Waals surface area contributed by atoms with Crippen molar-refractivity contribution >= 4 is 0 Å². The van der Waals surface area contributed by atoms with E-state index in [-0.39, 0.29) is 5.75 Å². The molecule has 0 aliphatic rings. The monoisotopic (exact) mass is 201 g/mol. The van der Waals surface area contributed by atoms with Crippen LogP contribution in [0.4, 0.5) is 8.78 Å². The van der Waals surface area contributed by atoms with Gasteiger partial charge in [0.2, 0.25) is 0 Å². The van der Waals surface area contributed by atoms with Gasteiger partial charge >= 0.3 is 6.61 Å². The minimum Gasteiger partial charge on any atom is -0.435 e. The van der Waals surface area contributed by atoms with Gasteiger partial charge in [-0.05, 0) is 17.7 Å². The highest BCUT2D eigenvalue weighted by Gasteiger charge is 2.03. The summed E-state index contributed by atoms with van der Waals surface area (Å²) in [7, 11) is 1.59. The predicted molar refractivity (Wildman–Crippen MR) is 48.4 cm³/mol. The van der Waals surface area contributed by atoms with Gasteiger partial charge < -0.3 is 9.47 Å². The Kier molecular flexibility index (Phi) is 4.32. The van der Waals surface area contributed by atoms with Gasteiger partial charge in [0.15, 0.2) is 0 Å². The average molecular weight is 201 g/mol. The number of halogens is 2. The van der Waals surface area contributed by atoms with Gasteiger partial charge in [0.1, 0.15) is 5.75 Å². The summed E-state index contributed by atoms with van der Waals surface area (Å²) in [5, 5.41) is 0. The zero-order valence-corrected chi connectivity index (χ0v) is 7.74. The van der Waals surface area contributed by atoms with Gasteiger partial charge in [-0.25, -0.2) is 0 Å². The molecule has 0 aliphatic heterocycles. The summed E-state index contributed by atoms with van der Waals surface area (Å²) in [5.41, 5.74) is 0.911. The lowest BCUT2D eigenvalue weighted by Gasteiger charge is -2.05. The summed E-state index contributed by atoms with van der Waals surface area (Å²) in [4.78, 5) is 0. The number of alkyl halides is 2. The maximum absolute atomic E-state index is 11.8. The highest BCUT2D eigenvalue weighted by Crippen LogP contribution is 2.15. The average Bonchev–Trinajstić information content (AvgIpc) is 2.16. The SMILES string of the molecule is COC[CH]c1ccc(OC(F)F)cc1. The maximum atomic E-state index is 11.8. The first-order chi connectivity index (χ1) is 6.72. The van der Waals surface area contributed by atoms with E-state index in [1.165, 1.54) is 12.1 Å². The first-order valence-corrected chi connectivity index (χ1v) is 4.09. The molecule has 0 amide bonds. The second kappa shape index (κ2) is 5.54. The summed E-state index contributed by atoms with van der Waals surface area (Å²) in [6, 6.07) is 6.37. The van der Waals surface area contributed by atoms with Crippen LogP contribution < -0.4 is 4.74 Å². The van der Waals surface area contributed by atoms with Crippen molar-refractivity contribution < 1.29 is 18.3 Å². The van der Waals surface area contributed by atoms with E-state index >= 15 is 0 Å². The minimum absolute atomic E-state index is 0.162. The molecular weight excluding hydrogens is 190 g/mol. The molecule has 0 N–H and O–H groups in total. The molecule has 0 bridgehead atoms. The Bertz CT molecular complexity index is 259. The van der Waals surface area contributed by atoms with Crippen molar-refractivity contribution in [1.82, 2.24) is 0 Å². The van der Waals surface area contributed by atoms with Gasteiger partial charge in [-0.15, -0.1) is 0 Å². The Morgan fingerprint density at radius 1 is 1.29 bits per heavy atom. The normalized spacial score (nSPS) is 10.6. The molecule has 14 heavy (non-hydrogen) atoms. The molecule has 0 aliphatic carbocycles. The topological polar surface area (TPSA) is 18.5 Å². The molecule has 2 nitrogen and oxygen atoms in total. The fourth-order valence-corrected chi connectivity index (χ4v) is 0.965. The van der Waals surface area contributed by atoms with Crippen LogP contribution in [0.15, 0.2) is 24.3 Å². The van der Waals surface area contributed by atoms with Crippen LogP contribution in [-0.4, -0.2) is 20.3 Å². The molecule has 0 fully saturated rings. The lowest BCUT2D eigenvalue weighted by atomic mass is 10.1. The Balaban J connectivity index is 2.50. The zero-order chi connectivity index (χ0) is 10.4. The highest BCUT2D eigenvalue weighted by molar-refractivity contribution is 5.31. The van der Waals surface area contributed by atoms with E-state index in [9.17, 15) is 8.78 Å². The maximum Gasteiger partial charge on any atom is 0.387 e. The lowest BCUT2D eigenvalue weighted by molar-refractivity contribution is -0.0498. The number of rotatable bonds is 5. The third-order valence-corrected chi connectivity index (χ3v) is 1.59. The second-order valence-electron chi connectivity index (χ2n) is 2.61. The van der Waals surface area contributed by atoms with E-state index in [1.54, 1.807) is 19.2 Å². The number of methoxy groups -OCH3 is 1. The molecule has 0 aromatic heterocycles. The summed E-state index contributed by atoms with van der Waals surface area (Å²) in [5.74, 6) is 0.162. The molecule has 0 heterocycles. The van der Waals surface area contributed by atoms with Gasteiger partial charge in [0.25, 0.3) is 0 Å². The summed E-state index contributed by atoms with van der Waals surface area (Å²) in [6.07, 6.45) is 1.84. The lowest BCUT2D eigenvalue weighted by Crippen LogP contribution is -2.01.